The SMILES string of the molecule is COc1ccc(NNC(=O)CC(O)(CC(=O)O)C(=O)O)cc1. The van der Waals surface area contributed by atoms with Gasteiger partial charge < -0.3 is 20.1 Å². The number of methoxy groups -OCH3 is 1. The molecule has 0 heterocycles. The van der Waals surface area contributed by atoms with Crippen molar-refractivity contribution in [1.29, 1.82) is 0 Å². The van der Waals surface area contributed by atoms with E-state index in [0.29, 0.717) is 11.4 Å². The van der Waals surface area contributed by atoms with Crippen LogP contribution >= 0.6 is 0 Å². The van der Waals surface area contributed by atoms with E-state index in [4.69, 9.17) is 14.9 Å². The van der Waals surface area contributed by atoms with Crippen molar-refractivity contribution >= 4 is 23.5 Å². The van der Waals surface area contributed by atoms with Crippen molar-refractivity contribution in [3.8, 4) is 5.75 Å². The lowest BCUT2D eigenvalue weighted by molar-refractivity contribution is -0.167. The molecule has 0 aliphatic rings. The molecule has 0 bridgehead atoms. The molecule has 9 nitrogen and oxygen atoms in total. The smallest absolute Gasteiger partial charge is 0.336 e. The second-order valence-electron chi connectivity index (χ2n) is 4.49. The molecule has 1 aromatic rings. The zero-order chi connectivity index (χ0) is 16.8. The van der Waals surface area contributed by atoms with Crippen LogP contribution in [0, 0.1) is 0 Å². The van der Waals surface area contributed by atoms with Crippen LogP contribution in [0.3, 0.4) is 0 Å². The van der Waals surface area contributed by atoms with Gasteiger partial charge in [-0.3, -0.25) is 20.4 Å². The van der Waals surface area contributed by atoms with Crippen LogP contribution in [0.2, 0.25) is 0 Å². The van der Waals surface area contributed by atoms with Crippen LogP contribution in [0.5, 0.6) is 5.75 Å². The molecule has 0 fully saturated rings. The van der Waals surface area contributed by atoms with Gasteiger partial charge in [-0.15, -0.1) is 0 Å². The fourth-order valence-corrected chi connectivity index (χ4v) is 1.59. The first kappa shape index (κ1) is 17.2. The van der Waals surface area contributed by atoms with Crippen LogP contribution in [0.1, 0.15) is 12.8 Å². The molecule has 0 spiro atoms. The Morgan fingerprint density at radius 2 is 1.73 bits per heavy atom. The number of carboxylic acids is 2. The van der Waals surface area contributed by atoms with Crippen LogP contribution in [-0.2, 0) is 14.4 Å². The van der Waals surface area contributed by atoms with Gasteiger partial charge in [0.05, 0.1) is 25.6 Å². The second-order valence-corrected chi connectivity index (χ2v) is 4.49. The molecule has 0 aliphatic carbocycles. The number of carbonyl (C=O) groups is 3. The van der Waals surface area contributed by atoms with E-state index in [1.54, 1.807) is 24.3 Å². The standard InChI is InChI=1S/C13H16N2O7/c1-22-9-4-2-8(3-5-9)14-15-10(16)6-13(21,12(19)20)7-11(17)18/h2-5,14,21H,6-7H2,1H3,(H,15,16)(H,17,18)(H,19,20). The lowest BCUT2D eigenvalue weighted by atomic mass is 9.95. The predicted octanol–water partition coefficient (Wildman–Crippen LogP) is -0.181. The van der Waals surface area contributed by atoms with Gasteiger partial charge in [0, 0.05) is 0 Å². The number of ether oxygens (including phenoxy) is 1. The fourth-order valence-electron chi connectivity index (χ4n) is 1.59. The molecule has 1 aromatic carbocycles. The number of anilines is 1. The van der Waals surface area contributed by atoms with Gasteiger partial charge in [-0.05, 0) is 24.3 Å². The molecule has 22 heavy (non-hydrogen) atoms. The molecule has 0 saturated heterocycles. The number of amides is 1. The highest BCUT2D eigenvalue weighted by Crippen LogP contribution is 2.17. The minimum absolute atomic E-state index is 0.492. The number of aliphatic hydroxyl groups is 1. The van der Waals surface area contributed by atoms with Gasteiger partial charge in [-0.1, -0.05) is 0 Å². The van der Waals surface area contributed by atoms with E-state index < -0.39 is 36.3 Å². The largest absolute Gasteiger partial charge is 0.497 e. The third-order valence-electron chi connectivity index (χ3n) is 2.73. The number of rotatable bonds is 8. The molecular formula is C13H16N2O7. The van der Waals surface area contributed by atoms with Crippen molar-refractivity contribution in [3.05, 3.63) is 24.3 Å². The zero-order valence-corrected chi connectivity index (χ0v) is 11.7. The molecule has 120 valence electrons. The molecule has 0 aliphatic heterocycles. The molecule has 9 heteroatoms. The highest BCUT2D eigenvalue weighted by atomic mass is 16.5. The van der Waals surface area contributed by atoms with E-state index >= 15 is 0 Å². The number of carbonyl (C=O) groups excluding carboxylic acids is 1. The number of carboxylic acid groups (broad SMARTS) is 2. The highest BCUT2D eigenvalue weighted by molar-refractivity contribution is 5.90. The van der Waals surface area contributed by atoms with E-state index in [1.807, 2.05) is 0 Å². The van der Waals surface area contributed by atoms with Crippen LogP contribution in [0.4, 0.5) is 5.69 Å². The predicted molar refractivity (Wildman–Crippen MR) is 74.2 cm³/mol. The Kier molecular flexibility index (Phi) is 5.70. The summed E-state index contributed by atoms with van der Waals surface area (Å²) in [5, 5.41) is 27.1. The maximum Gasteiger partial charge on any atom is 0.336 e. The zero-order valence-electron chi connectivity index (χ0n) is 11.7. The molecular weight excluding hydrogens is 296 g/mol. The molecule has 0 radical (unpaired) electrons. The van der Waals surface area contributed by atoms with Crippen LogP contribution < -0.4 is 15.6 Å². The normalized spacial score (nSPS) is 12.8. The van der Waals surface area contributed by atoms with Gasteiger partial charge in [0.1, 0.15) is 5.75 Å². The average Bonchev–Trinajstić information content (AvgIpc) is 2.44. The van der Waals surface area contributed by atoms with E-state index in [0.717, 1.165) is 0 Å². The van der Waals surface area contributed by atoms with Gasteiger partial charge in [0.25, 0.3) is 0 Å². The minimum atomic E-state index is -2.67. The summed E-state index contributed by atoms with van der Waals surface area (Å²) in [7, 11) is 1.50. The summed E-state index contributed by atoms with van der Waals surface area (Å²) in [5.74, 6) is -3.57. The second kappa shape index (κ2) is 7.27. The topological polar surface area (TPSA) is 145 Å². The lowest BCUT2D eigenvalue weighted by Gasteiger charge is -2.20. The monoisotopic (exact) mass is 312 g/mol. The molecule has 0 aromatic heterocycles. The first-order valence-electron chi connectivity index (χ1n) is 6.13. The Balaban J connectivity index is 2.60. The number of benzene rings is 1. The van der Waals surface area contributed by atoms with Gasteiger partial charge in [0.2, 0.25) is 5.91 Å². The summed E-state index contributed by atoms with van der Waals surface area (Å²) in [6.07, 6.45) is -1.99. The Morgan fingerprint density at radius 1 is 1.14 bits per heavy atom. The average molecular weight is 312 g/mol. The lowest BCUT2D eigenvalue weighted by Crippen LogP contribution is -2.46. The van der Waals surface area contributed by atoms with Crippen LogP contribution in [0.25, 0.3) is 0 Å². The maximum absolute atomic E-state index is 11.6. The van der Waals surface area contributed by atoms with Crippen LogP contribution in [0.15, 0.2) is 24.3 Å². The van der Waals surface area contributed by atoms with Gasteiger partial charge >= 0.3 is 11.9 Å². The number of hydrazine groups is 1. The number of hydrogen-bond donors (Lipinski definition) is 5. The summed E-state index contributed by atoms with van der Waals surface area (Å²) in [6, 6.07) is 6.46. The maximum atomic E-state index is 11.6. The first-order valence-corrected chi connectivity index (χ1v) is 6.13. The Hall–Kier alpha value is -2.81. The Labute approximate surface area is 125 Å². The molecule has 1 rings (SSSR count). The summed E-state index contributed by atoms with van der Waals surface area (Å²) >= 11 is 0. The molecule has 1 unspecified atom stereocenters. The summed E-state index contributed by atoms with van der Waals surface area (Å²) in [6.45, 7) is 0. The summed E-state index contributed by atoms with van der Waals surface area (Å²) in [5.41, 5.74) is 2.50. The Morgan fingerprint density at radius 3 is 2.18 bits per heavy atom. The van der Waals surface area contributed by atoms with E-state index in [1.165, 1.54) is 7.11 Å². The molecule has 1 amide bonds. The van der Waals surface area contributed by atoms with Crippen LogP contribution in [-0.4, -0.2) is 45.9 Å². The molecule has 5 N–H and O–H groups in total. The highest BCUT2D eigenvalue weighted by Gasteiger charge is 2.40. The number of nitrogens with one attached hydrogen (secondary N) is 2. The Bertz CT molecular complexity index is 558. The quantitative estimate of drug-likeness (QED) is 0.416. The fraction of sp³-hybridized carbons (Fsp3) is 0.308. The van der Waals surface area contributed by atoms with Crippen molar-refractivity contribution in [2.24, 2.45) is 0 Å². The van der Waals surface area contributed by atoms with E-state index in [9.17, 15) is 19.5 Å². The third-order valence-corrected chi connectivity index (χ3v) is 2.73. The first-order chi connectivity index (χ1) is 10.3. The van der Waals surface area contributed by atoms with Crippen molar-refractivity contribution < 1.29 is 34.4 Å². The van der Waals surface area contributed by atoms with Crippen molar-refractivity contribution in [3.63, 3.8) is 0 Å². The van der Waals surface area contributed by atoms with E-state index in [2.05, 4.69) is 10.9 Å². The number of aliphatic carboxylic acids is 2. The van der Waals surface area contributed by atoms with Crippen molar-refractivity contribution in [2.45, 2.75) is 18.4 Å². The summed E-state index contributed by atoms with van der Waals surface area (Å²) in [4.78, 5) is 33.1. The van der Waals surface area contributed by atoms with Gasteiger partial charge in [-0.2, -0.15) is 0 Å². The van der Waals surface area contributed by atoms with Gasteiger partial charge in [-0.25, -0.2) is 4.79 Å². The van der Waals surface area contributed by atoms with E-state index in [-0.39, 0.29) is 0 Å². The summed E-state index contributed by atoms with van der Waals surface area (Å²) < 4.78 is 4.95. The van der Waals surface area contributed by atoms with Crippen molar-refractivity contribution in [2.75, 3.05) is 12.5 Å². The minimum Gasteiger partial charge on any atom is -0.497 e. The molecule has 0 saturated carbocycles. The molecule has 1 atom stereocenters. The van der Waals surface area contributed by atoms with Crippen molar-refractivity contribution in [1.82, 2.24) is 5.43 Å². The third kappa shape index (κ3) is 4.94. The van der Waals surface area contributed by atoms with Gasteiger partial charge in [0.15, 0.2) is 5.60 Å². The number of hydrogen-bond acceptors (Lipinski definition) is 6.